The molecule has 0 amide bonds. The summed E-state index contributed by atoms with van der Waals surface area (Å²) in [5.41, 5.74) is 0. The van der Waals surface area contributed by atoms with Gasteiger partial charge in [0.15, 0.2) is 12.1 Å². The maximum Gasteiger partial charge on any atom is 0.184 e. The van der Waals surface area contributed by atoms with Crippen molar-refractivity contribution in [1.29, 1.82) is 0 Å². The number of rotatable bonds is 2. The topological polar surface area (TPSA) is 88.4 Å². The minimum Gasteiger partial charge on any atom is -0.394 e. The number of ether oxygens (including phenoxy) is 3. The molecule has 2 saturated heterocycles. The highest BCUT2D eigenvalue weighted by atomic mass is 16.8. The standard InChI is InChI=1S/C9H16O6/c1-9(2)14-6-5(4(11)3-10)13-8(12)7(6)15-9/h4-8,10-12H,3H2,1-2H3/t4-,5+,6-,7-,8+/m1/s1. The van der Waals surface area contributed by atoms with Crippen LogP contribution in [0.1, 0.15) is 13.8 Å². The zero-order valence-corrected chi connectivity index (χ0v) is 8.66. The van der Waals surface area contributed by atoms with Crippen molar-refractivity contribution in [1.82, 2.24) is 0 Å². The van der Waals surface area contributed by atoms with Crippen LogP contribution in [0.15, 0.2) is 0 Å². The molecule has 88 valence electrons. The monoisotopic (exact) mass is 220 g/mol. The van der Waals surface area contributed by atoms with Crippen molar-refractivity contribution in [2.45, 2.75) is 50.3 Å². The molecule has 0 spiro atoms. The highest BCUT2D eigenvalue weighted by Gasteiger charge is 2.56. The van der Waals surface area contributed by atoms with Gasteiger partial charge in [-0.25, -0.2) is 0 Å². The minimum atomic E-state index is -1.12. The number of hydrogen-bond donors (Lipinski definition) is 3. The van der Waals surface area contributed by atoms with Crippen LogP contribution in [0.25, 0.3) is 0 Å². The zero-order chi connectivity index (χ0) is 11.2. The van der Waals surface area contributed by atoms with Crippen molar-refractivity contribution in [3.63, 3.8) is 0 Å². The highest BCUT2D eigenvalue weighted by molar-refractivity contribution is 4.97. The Morgan fingerprint density at radius 2 is 1.87 bits per heavy atom. The van der Waals surface area contributed by atoms with Gasteiger partial charge in [-0.15, -0.1) is 0 Å². The molecule has 5 atom stereocenters. The first-order valence-electron chi connectivity index (χ1n) is 4.93. The summed E-state index contributed by atoms with van der Waals surface area (Å²) < 4.78 is 16.0. The summed E-state index contributed by atoms with van der Waals surface area (Å²) in [6, 6.07) is 0. The largest absolute Gasteiger partial charge is 0.394 e. The van der Waals surface area contributed by atoms with Crippen LogP contribution in [-0.2, 0) is 14.2 Å². The van der Waals surface area contributed by atoms with Gasteiger partial charge in [-0.3, -0.25) is 0 Å². The second kappa shape index (κ2) is 3.65. The molecule has 2 aliphatic heterocycles. The third kappa shape index (κ3) is 1.89. The van der Waals surface area contributed by atoms with E-state index in [2.05, 4.69) is 0 Å². The average molecular weight is 220 g/mol. The molecule has 0 aromatic carbocycles. The average Bonchev–Trinajstić information content (AvgIpc) is 2.61. The number of hydrogen-bond acceptors (Lipinski definition) is 6. The van der Waals surface area contributed by atoms with E-state index >= 15 is 0 Å². The van der Waals surface area contributed by atoms with Crippen LogP contribution >= 0.6 is 0 Å². The lowest BCUT2D eigenvalue weighted by Crippen LogP contribution is -2.40. The van der Waals surface area contributed by atoms with Crippen LogP contribution in [0.4, 0.5) is 0 Å². The Balaban J connectivity index is 2.12. The molecule has 2 rings (SSSR count). The second-order valence-electron chi connectivity index (χ2n) is 4.31. The summed E-state index contributed by atoms with van der Waals surface area (Å²) >= 11 is 0. The zero-order valence-electron chi connectivity index (χ0n) is 8.66. The van der Waals surface area contributed by atoms with E-state index in [0.717, 1.165) is 0 Å². The number of aliphatic hydroxyl groups is 3. The Morgan fingerprint density at radius 1 is 1.27 bits per heavy atom. The first-order chi connectivity index (χ1) is 6.94. The number of aliphatic hydroxyl groups excluding tert-OH is 3. The first kappa shape index (κ1) is 11.3. The van der Waals surface area contributed by atoms with E-state index in [4.69, 9.17) is 19.3 Å². The van der Waals surface area contributed by atoms with Crippen LogP contribution in [0.3, 0.4) is 0 Å². The highest BCUT2D eigenvalue weighted by Crippen LogP contribution is 2.38. The van der Waals surface area contributed by atoms with Crippen LogP contribution in [0, 0.1) is 0 Å². The molecule has 0 unspecified atom stereocenters. The van der Waals surface area contributed by atoms with E-state index in [1.807, 2.05) is 0 Å². The van der Waals surface area contributed by atoms with Crippen molar-refractivity contribution in [3.8, 4) is 0 Å². The van der Waals surface area contributed by atoms with Crippen molar-refractivity contribution in [3.05, 3.63) is 0 Å². The molecule has 6 nitrogen and oxygen atoms in total. The van der Waals surface area contributed by atoms with Gasteiger partial charge < -0.3 is 29.5 Å². The SMILES string of the molecule is CC1(C)O[C@@H]2[C@H]([C@H](O)CO)O[C@H](O)[C@@H]2O1. The molecular formula is C9H16O6. The predicted octanol–water partition coefficient (Wildman–Crippen LogP) is -1.42. The summed E-state index contributed by atoms with van der Waals surface area (Å²) in [6.07, 6.45) is -4.10. The summed E-state index contributed by atoms with van der Waals surface area (Å²) in [4.78, 5) is 0. The molecular weight excluding hydrogens is 204 g/mol. The van der Waals surface area contributed by atoms with Gasteiger partial charge in [-0.1, -0.05) is 0 Å². The smallest absolute Gasteiger partial charge is 0.184 e. The molecule has 2 fully saturated rings. The molecule has 2 aliphatic rings. The minimum absolute atomic E-state index is 0.440. The third-order valence-electron chi connectivity index (χ3n) is 2.63. The van der Waals surface area contributed by atoms with Gasteiger partial charge in [0.1, 0.15) is 24.4 Å². The molecule has 0 radical (unpaired) electrons. The quantitative estimate of drug-likeness (QED) is 0.529. The van der Waals surface area contributed by atoms with E-state index < -0.39 is 43.1 Å². The lowest BCUT2D eigenvalue weighted by Gasteiger charge is -2.24. The molecule has 0 bridgehead atoms. The third-order valence-corrected chi connectivity index (χ3v) is 2.63. The van der Waals surface area contributed by atoms with Crippen LogP contribution in [0.2, 0.25) is 0 Å². The summed E-state index contributed by atoms with van der Waals surface area (Å²) in [5.74, 6) is -0.798. The van der Waals surface area contributed by atoms with Gasteiger partial charge in [-0.2, -0.15) is 0 Å². The molecule has 2 heterocycles. The normalized spacial score (nSPS) is 45.4. The van der Waals surface area contributed by atoms with E-state index in [9.17, 15) is 10.2 Å². The Labute approximate surface area is 87.4 Å². The Morgan fingerprint density at radius 3 is 2.47 bits per heavy atom. The van der Waals surface area contributed by atoms with E-state index in [1.54, 1.807) is 13.8 Å². The van der Waals surface area contributed by atoms with Crippen LogP contribution in [0.5, 0.6) is 0 Å². The van der Waals surface area contributed by atoms with Gasteiger partial charge in [-0.05, 0) is 13.8 Å². The van der Waals surface area contributed by atoms with Crippen LogP contribution < -0.4 is 0 Å². The van der Waals surface area contributed by atoms with Crippen molar-refractivity contribution < 1.29 is 29.5 Å². The van der Waals surface area contributed by atoms with Crippen molar-refractivity contribution in [2.24, 2.45) is 0 Å². The Hall–Kier alpha value is -0.240. The van der Waals surface area contributed by atoms with E-state index in [0.29, 0.717) is 0 Å². The Kier molecular flexibility index (Phi) is 2.74. The van der Waals surface area contributed by atoms with E-state index in [-0.39, 0.29) is 0 Å². The fourth-order valence-electron chi connectivity index (χ4n) is 2.02. The van der Waals surface area contributed by atoms with Gasteiger partial charge in [0, 0.05) is 0 Å². The fraction of sp³-hybridized carbons (Fsp3) is 1.00. The van der Waals surface area contributed by atoms with Gasteiger partial charge >= 0.3 is 0 Å². The molecule has 0 aromatic rings. The van der Waals surface area contributed by atoms with Crippen LogP contribution in [-0.4, -0.2) is 58.4 Å². The maximum atomic E-state index is 9.53. The number of fused-ring (bicyclic) bond motifs is 1. The lowest BCUT2D eigenvalue weighted by atomic mass is 10.1. The second-order valence-corrected chi connectivity index (χ2v) is 4.31. The summed E-state index contributed by atoms with van der Waals surface area (Å²) in [7, 11) is 0. The molecule has 15 heavy (non-hydrogen) atoms. The predicted molar refractivity (Wildman–Crippen MR) is 47.8 cm³/mol. The molecule has 0 aliphatic carbocycles. The van der Waals surface area contributed by atoms with Gasteiger partial charge in [0.25, 0.3) is 0 Å². The van der Waals surface area contributed by atoms with E-state index in [1.165, 1.54) is 0 Å². The molecule has 0 aromatic heterocycles. The van der Waals surface area contributed by atoms with Crippen molar-refractivity contribution in [2.75, 3.05) is 6.61 Å². The fourth-order valence-corrected chi connectivity index (χ4v) is 2.02. The summed E-state index contributed by atoms with van der Waals surface area (Å²) in [5, 5.41) is 27.8. The molecule has 3 N–H and O–H groups in total. The van der Waals surface area contributed by atoms with Crippen molar-refractivity contribution >= 4 is 0 Å². The van der Waals surface area contributed by atoms with Gasteiger partial charge in [0.2, 0.25) is 0 Å². The summed E-state index contributed by atoms with van der Waals surface area (Å²) in [6.45, 7) is 3.01. The molecule has 0 saturated carbocycles. The maximum absolute atomic E-state index is 9.53. The Bertz CT molecular complexity index is 243. The molecule has 6 heteroatoms. The lowest BCUT2D eigenvalue weighted by molar-refractivity contribution is -0.231. The van der Waals surface area contributed by atoms with Gasteiger partial charge in [0.05, 0.1) is 6.61 Å². The first-order valence-corrected chi connectivity index (χ1v) is 4.93.